The van der Waals surface area contributed by atoms with Gasteiger partial charge >= 0.3 is 5.97 Å². The third kappa shape index (κ3) is 3.80. The molecule has 126 valence electrons. The molecule has 1 atom stereocenters. The predicted octanol–water partition coefficient (Wildman–Crippen LogP) is 3.44. The molecule has 0 saturated heterocycles. The summed E-state index contributed by atoms with van der Waals surface area (Å²) in [6.45, 7) is 1.49. The number of rotatable bonds is 5. The zero-order valence-corrected chi connectivity index (χ0v) is 13.4. The molecule has 0 aliphatic rings. The van der Waals surface area contributed by atoms with E-state index in [1.54, 1.807) is 47.4 Å². The molecule has 0 spiro atoms. The van der Waals surface area contributed by atoms with Gasteiger partial charge < -0.3 is 4.74 Å². The highest BCUT2D eigenvalue weighted by atomic mass is 19.1. The molecule has 0 aliphatic heterocycles. The maximum absolute atomic E-state index is 12.9. The Morgan fingerprint density at radius 1 is 1.04 bits per heavy atom. The standard InChI is InChI=1S/C19H15FN2O3/c1-13(18(23)14-3-7-16(20)8-4-14)25-19(24)15-5-9-17(10-6-15)22-12-2-11-21-22/h2-13H,1H3. The average molecular weight is 338 g/mol. The van der Waals surface area contributed by atoms with Crippen LogP contribution in [0.3, 0.4) is 0 Å². The topological polar surface area (TPSA) is 61.2 Å². The van der Waals surface area contributed by atoms with E-state index in [2.05, 4.69) is 5.10 Å². The van der Waals surface area contributed by atoms with Gasteiger partial charge in [-0.05, 0) is 61.5 Å². The van der Waals surface area contributed by atoms with Crippen molar-refractivity contribution in [1.82, 2.24) is 9.78 Å². The highest BCUT2D eigenvalue weighted by molar-refractivity contribution is 6.01. The fourth-order valence-corrected chi connectivity index (χ4v) is 2.30. The molecule has 0 amide bonds. The Hall–Kier alpha value is -3.28. The van der Waals surface area contributed by atoms with Crippen LogP contribution in [0.2, 0.25) is 0 Å². The molecule has 0 bridgehead atoms. The van der Waals surface area contributed by atoms with Gasteiger partial charge in [-0.1, -0.05) is 0 Å². The van der Waals surface area contributed by atoms with Gasteiger partial charge in [-0.15, -0.1) is 0 Å². The number of ketones is 1. The van der Waals surface area contributed by atoms with Crippen molar-refractivity contribution >= 4 is 11.8 Å². The molecule has 0 fully saturated rings. The van der Waals surface area contributed by atoms with E-state index in [1.807, 2.05) is 0 Å². The van der Waals surface area contributed by atoms with Gasteiger partial charge in [0, 0.05) is 18.0 Å². The Labute approximate surface area is 143 Å². The number of ether oxygens (including phenoxy) is 1. The number of halogens is 1. The SMILES string of the molecule is CC(OC(=O)c1ccc(-n2cccn2)cc1)C(=O)c1ccc(F)cc1. The maximum atomic E-state index is 12.9. The van der Waals surface area contributed by atoms with Crippen LogP contribution in [0.1, 0.15) is 27.6 Å². The fourth-order valence-electron chi connectivity index (χ4n) is 2.30. The molecule has 25 heavy (non-hydrogen) atoms. The van der Waals surface area contributed by atoms with Crippen molar-refractivity contribution in [3.63, 3.8) is 0 Å². The molecule has 6 heteroatoms. The summed E-state index contributed by atoms with van der Waals surface area (Å²) < 4.78 is 19.8. The van der Waals surface area contributed by atoms with Crippen molar-refractivity contribution in [3.8, 4) is 5.69 Å². The zero-order chi connectivity index (χ0) is 17.8. The average Bonchev–Trinajstić information content (AvgIpc) is 3.16. The molecule has 0 aliphatic carbocycles. The van der Waals surface area contributed by atoms with E-state index in [4.69, 9.17) is 4.74 Å². The fraction of sp³-hybridized carbons (Fsp3) is 0.105. The van der Waals surface area contributed by atoms with Gasteiger partial charge in [0.05, 0.1) is 11.3 Å². The Kier molecular flexibility index (Phi) is 4.70. The van der Waals surface area contributed by atoms with E-state index in [-0.39, 0.29) is 11.3 Å². The first-order chi connectivity index (χ1) is 12.0. The lowest BCUT2D eigenvalue weighted by Gasteiger charge is -2.12. The molecular weight excluding hydrogens is 323 g/mol. The van der Waals surface area contributed by atoms with E-state index in [0.29, 0.717) is 5.56 Å². The van der Waals surface area contributed by atoms with E-state index < -0.39 is 17.9 Å². The number of hydrogen-bond acceptors (Lipinski definition) is 4. The van der Waals surface area contributed by atoms with Crippen molar-refractivity contribution in [1.29, 1.82) is 0 Å². The Morgan fingerprint density at radius 2 is 1.68 bits per heavy atom. The molecule has 1 heterocycles. The summed E-state index contributed by atoms with van der Waals surface area (Å²) in [5.74, 6) is -1.42. The van der Waals surface area contributed by atoms with Crippen molar-refractivity contribution in [2.24, 2.45) is 0 Å². The van der Waals surface area contributed by atoms with Crippen LogP contribution in [-0.2, 0) is 4.74 Å². The van der Waals surface area contributed by atoms with Crippen LogP contribution in [-0.4, -0.2) is 27.6 Å². The van der Waals surface area contributed by atoms with Crippen molar-refractivity contribution in [2.75, 3.05) is 0 Å². The van der Waals surface area contributed by atoms with Gasteiger partial charge in [0.25, 0.3) is 0 Å². The van der Waals surface area contributed by atoms with Crippen LogP contribution in [0.4, 0.5) is 4.39 Å². The van der Waals surface area contributed by atoms with E-state index in [1.165, 1.54) is 31.2 Å². The first-order valence-electron chi connectivity index (χ1n) is 7.65. The van der Waals surface area contributed by atoms with Crippen LogP contribution < -0.4 is 0 Å². The molecular formula is C19H15FN2O3. The molecule has 1 unspecified atom stereocenters. The summed E-state index contributed by atoms with van der Waals surface area (Å²) in [4.78, 5) is 24.4. The quantitative estimate of drug-likeness (QED) is 0.528. The molecule has 3 rings (SSSR count). The molecule has 0 N–H and O–H groups in total. The first-order valence-corrected chi connectivity index (χ1v) is 7.65. The van der Waals surface area contributed by atoms with E-state index in [9.17, 15) is 14.0 Å². The second kappa shape index (κ2) is 7.09. The lowest BCUT2D eigenvalue weighted by molar-refractivity contribution is 0.0319. The van der Waals surface area contributed by atoms with Crippen molar-refractivity contribution in [3.05, 3.63) is 83.9 Å². The minimum atomic E-state index is -0.969. The number of carbonyl (C=O) groups excluding carboxylic acids is 2. The highest BCUT2D eigenvalue weighted by Crippen LogP contribution is 2.13. The maximum Gasteiger partial charge on any atom is 0.338 e. The van der Waals surface area contributed by atoms with Crippen LogP contribution in [0, 0.1) is 5.82 Å². The minimum absolute atomic E-state index is 0.288. The van der Waals surface area contributed by atoms with Gasteiger partial charge in [-0.2, -0.15) is 5.10 Å². The third-order valence-electron chi connectivity index (χ3n) is 3.65. The van der Waals surface area contributed by atoms with Gasteiger partial charge in [-0.3, -0.25) is 4.79 Å². The number of esters is 1. The lowest BCUT2D eigenvalue weighted by Crippen LogP contribution is -2.24. The largest absolute Gasteiger partial charge is 0.451 e. The summed E-state index contributed by atoms with van der Waals surface area (Å²) in [5.41, 5.74) is 1.42. The highest BCUT2D eigenvalue weighted by Gasteiger charge is 2.20. The smallest absolute Gasteiger partial charge is 0.338 e. The first kappa shape index (κ1) is 16.6. The normalized spacial score (nSPS) is 11.8. The van der Waals surface area contributed by atoms with Gasteiger partial charge in [0.15, 0.2) is 6.10 Å². The van der Waals surface area contributed by atoms with Crippen LogP contribution in [0.5, 0.6) is 0 Å². The van der Waals surface area contributed by atoms with Crippen molar-refractivity contribution in [2.45, 2.75) is 13.0 Å². The molecule has 3 aromatic rings. The molecule has 5 nitrogen and oxygen atoms in total. The second-order valence-corrected chi connectivity index (χ2v) is 5.42. The summed E-state index contributed by atoms with van der Waals surface area (Å²) in [6.07, 6.45) is 2.48. The van der Waals surface area contributed by atoms with Gasteiger partial charge in [0.2, 0.25) is 5.78 Å². The Morgan fingerprint density at radius 3 is 2.28 bits per heavy atom. The number of Topliss-reactive ketones (excluding diaryl/α,β-unsaturated/α-hetero) is 1. The summed E-state index contributed by atoms with van der Waals surface area (Å²) in [7, 11) is 0. The Bertz CT molecular complexity index is 872. The molecule has 2 aromatic carbocycles. The summed E-state index contributed by atoms with van der Waals surface area (Å²) >= 11 is 0. The van der Waals surface area contributed by atoms with Crippen LogP contribution in [0.25, 0.3) is 5.69 Å². The number of aromatic nitrogens is 2. The third-order valence-corrected chi connectivity index (χ3v) is 3.65. The van der Waals surface area contributed by atoms with Crippen molar-refractivity contribution < 1.29 is 18.7 Å². The monoisotopic (exact) mass is 338 g/mol. The zero-order valence-electron chi connectivity index (χ0n) is 13.4. The number of nitrogens with zero attached hydrogens (tertiary/aromatic N) is 2. The summed E-state index contributed by atoms with van der Waals surface area (Å²) in [6, 6.07) is 13.6. The Balaban J connectivity index is 1.67. The predicted molar refractivity (Wildman–Crippen MR) is 89.2 cm³/mol. The van der Waals surface area contributed by atoms with Crippen LogP contribution >= 0.6 is 0 Å². The molecule has 0 radical (unpaired) electrons. The number of benzene rings is 2. The van der Waals surface area contributed by atoms with Gasteiger partial charge in [0.1, 0.15) is 5.82 Å². The van der Waals surface area contributed by atoms with Crippen LogP contribution in [0.15, 0.2) is 67.0 Å². The molecule has 0 saturated carbocycles. The molecule has 1 aromatic heterocycles. The number of carbonyl (C=O) groups is 2. The van der Waals surface area contributed by atoms with E-state index >= 15 is 0 Å². The second-order valence-electron chi connectivity index (χ2n) is 5.42. The van der Waals surface area contributed by atoms with E-state index in [0.717, 1.165) is 5.69 Å². The van der Waals surface area contributed by atoms with Gasteiger partial charge in [-0.25, -0.2) is 13.9 Å². The minimum Gasteiger partial charge on any atom is -0.451 e. The summed E-state index contributed by atoms with van der Waals surface area (Å²) in [5, 5.41) is 4.10. The lowest BCUT2D eigenvalue weighted by atomic mass is 10.1. The number of hydrogen-bond donors (Lipinski definition) is 0.